The predicted octanol–water partition coefficient (Wildman–Crippen LogP) is 5.71. The van der Waals surface area contributed by atoms with Crippen LogP contribution in [0.15, 0.2) is 84.3 Å². The van der Waals surface area contributed by atoms with Crippen LogP contribution in [0.5, 0.6) is 5.75 Å². The van der Waals surface area contributed by atoms with E-state index in [0.717, 1.165) is 16.8 Å². The van der Waals surface area contributed by atoms with Gasteiger partial charge in [-0.3, -0.25) is 9.36 Å². The van der Waals surface area contributed by atoms with Crippen LogP contribution in [0.2, 0.25) is 5.02 Å². The van der Waals surface area contributed by atoms with Crippen molar-refractivity contribution in [3.8, 4) is 11.4 Å². The summed E-state index contributed by atoms with van der Waals surface area (Å²) in [5.41, 5.74) is 3.31. The van der Waals surface area contributed by atoms with Crippen molar-refractivity contribution < 1.29 is 9.53 Å². The van der Waals surface area contributed by atoms with Crippen molar-refractivity contribution in [2.24, 2.45) is 0 Å². The van der Waals surface area contributed by atoms with Crippen LogP contribution in [0.1, 0.15) is 16.4 Å². The molecule has 4 aromatic rings. The number of benzene rings is 3. The largest absolute Gasteiger partial charge is 0.495 e. The first-order valence-electron chi connectivity index (χ1n) is 9.88. The molecule has 1 amide bonds. The number of rotatable bonds is 7. The van der Waals surface area contributed by atoms with Crippen LogP contribution < -0.4 is 10.1 Å². The van der Waals surface area contributed by atoms with Crippen LogP contribution in [0.4, 0.5) is 5.69 Å². The van der Waals surface area contributed by atoms with Crippen molar-refractivity contribution in [2.75, 3.05) is 12.4 Å². The molecule has 32 heavy (non-hydrogen) atoms. The highest BCUT2D eigenvalue weighted by molar-refractivity contribution is 8.00. The lowest BCUT2D eigenvalue weighted by Gasteiger charge is -2.18. The number of hydrogen-bond donors (Lipinski definition) is 1. The number of nitrogens with one attached hydrogen (secondary N) is 1. The van der Waals surface area contributed by atoms with Gasteiger partial charge in [-0.15, -0.1) is 10.2 Å². The van der Waals surface area contributed by atoms with Crippen molar-refractivity contribution in [1.82, 2.24) is 14.8 Å². The molecule has 1 heterocycles. The van der Waals surface area contributed by atoms with Gasteiger partial charge in [-0.2, -0.15) is 0 Å². The SMILES string of the molecule is COc1ccc(C)cc1NC(=O)C(Sc1nncn1-c1cccc(Cl)c1)c1ccccc1. The minimum absolute atomic E-state index is 0.189. The van der Waals surface area contributed by atoms with E-state index in [1.165, 1.54) is 11.8 Å². The molecule has 4 rings (SSSR count). The molecule has 0 aliphatic carbocycles. The third-order valence-electron chi connectivity index (χ3n) is 4.78. The predicted molar refractivity (Wildman–Crippen MR) is 128 cm³/mol. The monoisotopic (exact) mass is 464 g/mol. The van der Waals surface area contributed by atoms with Gasteiger partial charge in [0, 0.05) is 5.02 Å². The summed E-state index contributed by atoms with van der Waals surface area (Å²) >= 11 is 7.48. The number of nitrogens with zero attached hydrogens (tertiary/aromatic N) is 3. The molecular weight excluding hydrogens is 444 g/mol. The Morgan fingerprint density at radius 1 is 1.09 bits per heavy atom. The fraction of sp³-hybridized carbons (Fsp3) is 0.125. The second kappa shape index (κ2) is 9.89. The average molecular weight is 465 g/mol. The summed E-state index contributed by atoms with van der Waals surface area (Å²) in [5.74, 6) is 0.411. The van der Waals surface area contributed by atoms with Crippen LogP contribution in [0.25, 0.3) is 5.69 Å². The smallest absolute Gasteiger partial charge is 0.242 e. The minimum Gasteiger partial charge on any atom is -0.495 e. The summed E-state index contributed by atoms with van der Waals surface area (Å²) in [7, 11) is 1.58. The first-order valence-corrected chi connectivity index (χ1v) is 11.1. The molecule has 3 aromatic carbocycles. The van der Waals surface area contributed by atoms with Gasteiger partial charge in [0.2, 0.25) is 5.91 Å². The Morgan fingerprint density at radius 2 is 1.91 bits per heavy atom. The zero-order valence-electron chi connectivity index (χ0n) is 17.5. The van der Waals surface area contributed by atoms with Gasteiger partial charge in [0.25, 0.3) is 0 Å². The van der Waals surface area contributed by atoms with Crippen molar-refractivity contribution >= 4 is 35.0 Å². The van der Waals surface area contributed by atoms with E-state index in [2.05, 4.69) is 15.5 Å². The quantitative estimate of drug-likeness (QED) is 0.355. The van der Waals surface area contributed by atoms with E-state index >= 15 is 0 Å². The first-order chi connectivity index (χ1) is 15.5. The molecule has 1 unspecified atom stereocenters. The zero-order valence-corrected chi connectivity index (χ0v) is 19.1. The standard InChI is InChI=1S/C24H21ClN4O2S/c1-16-11-12-21(31-2)20(13-16)27-23(30)22(17-7-4-3-5-8-17)32-24-28-26-15-29(24)19-10-6-9-18(25)14-19/h3-15,22H,1-2H3,(H,27,30). The minimum atomic E-state index is -0.566. The number of ether oxygens (including phenoxy) is 1. The van der Waals surface area contributed by atoms with Crippen molar-refractivity contribution in [3.63, 3.8) is 0 Å². The molecule has 8 heteroatoms. The lowest BCUT2D eigenvalue weighted by atomic mass is 10.1. The third-order valence-corrected chi connectivity index (χ3v) is 6.23. The summed E-state index contributed by atoms with van der Waals surface area (Å²) in [6.07, 6.45) is 1.61. The lowest BCUT2D eigenvalue weighted by Crippen LogP contribution is -2.20. The Bertz CT molecular complexity index is 1230. The molecule has 0 spiro atoms. The van der Waals surface area contributed by atoms with Gasteiger partial charge >= 0.3 is 0 Å². The van der Waals surface area contributed by atoms with E-state index < -0.39 is 5.25 Å². The molecule has 0 fully saturated rings. The van der Waals surface area contributed by atoms with Gasteiger partial charge in [-0.05, 0) is 48.4 Å². The summed E-state index contributed by atoms with van der Waals surface area (Å²) in [6, 6.07) is 22.6. The average Bonchev–Trinajstić information content (AvgIpc) is 3.26. The molecule has 0 aliphatic heterocycles. The van der Waals surface area contributed by atoms with E-state index in [9.17, 15) is 4.79 Å². The number of hydrogen-bond acceptors (Lipinski definition) is 5. The molecule has 1 atom stereocenters. The Labute approximate surface area is 195 Å². The van der Waals surface area contributed by atoms with E-state index in [-0.39, 0.29) is 5.91 Å². The lowest BCUT2D eigenvalue weighted by molar-refractivity contribution is -0.115. The molecule has 0 aliphatic rings. The Morgan fingerprint density at radius 3 is 2.66 bits per heavy atom. The van der Waals surface area contributed by atoms with Gasteiger partial charge in [0.15, 0.2) is 5.16 Å². The second-order valence-electron chi connectivity index (χ2n) is 7.06. The number of anilines is 1. The summed E-state index contributed by atoms with van der Waals surface area (Å²) in [6.45, 7) is 1.96. The van der Waals surface area contributed by atoms with Crippen LogP contribution in [-0.2, 0) is 4.79 Å². The maximum Gasteiger partial charge on any atom is 0.242 e. The van der Waals surface area contributed by atoms with E-state index in [4.69, 9.17) is 16.3 Å². The highest BCUT2D eigenvalue weighted by Gasteiger charge is 2.26. The molecule has 1 aromatic heterocycles. The Balaban J connectivity index is 1.67. The van der Waals surface area contributed by atoms with Crippen LogP contribution in [-0.4, -0.2) is 27.8 Å². The normalized spacial score (nSPS) is 11.7. The fourth-order valence-corrected chi connectivity index (χ4v) is 4.45. The van der Waals surface area contributed by atoms with Crippen molar-refractivity contribution in [2.45, 2.75) is 17.3 Å². The van der Waals surface area contributed by atoms with Crippen molar-refractivity contribution in [3.05, 3.63) is 95.3 Å². The highest BCUT2D eigenvalue weighted by Crippen LogP contribution is 2.37. The number of halogens is 1. The number of thioether (sulfide) groups is 1. The highest BCUT2D eigenvalue weighted by atomic mass is 35.5. The van der Waals surface area contributed by atoms with Gasteiger partial charge in [0.1, 0.15) is 17.3 Å². The molecule has 0 bridgehead atoms. The van der Waals surface area contributed by atoms with Crippen LogP contribution >= 0.6 is 23.4 Å². The van der Waals surface area contributed by atoms with Crippen LogP contribution in [0.3, 0.4) is 0 Å². The van der Waals surface area contributed by atoms with Gasteiger partial charge < -0.3 is 10.1 Å². The summed E-state index contributed by atoms with van der Waals surface area (Å²) < 4.78 is 7.23. The Hall–Kier alpha value is -3.29. The van der Waals surface area contributed by atoms with Crippen LogP contribution in [0, 0.1) is 6.92 Å². The van der Waals surface area contributed by atoms with E-state index in [1.54, 1.807) is 19.5 Å². The zero-order chi connectivity index (χ0) is 22.5. The number of methoxy groups -OCH3 is 1. The van der Waals surface area contributed by atoms with E-state index in [0.29, 0.717) is 21.6 Å². The molecule has 0 radical (unpaired) electrons. The number of aryl methyl sites for hydroxylation is 1. The van der Waals surface area contributed by atoms with Gasteiger partial charge in [0.05, 0.1) is 18.5 Å². The Kier molecular flexibility index (Phi) is 6.78. The van der Waals surface area contributed by atoms with E-state index in [1.807, 2.05) is 78.2 Å². The number of carbonyl (C=O) groups excluding carboxylic acids is 1. The fourth-order valence-electron chi connectivity index (χ4n) is 3.23. The molecule has 0 saturated heterocycles. The molecule has 162 valence electrons. The number of carbonyl (C=O) groups is 1. The van der Waals surface area contributed by atoms with Gasteiger partial charge in [-0.1, -0.05) is 65.8 Å². The summed E-state index contributed by atoms with van der Waals surface area (Å²) in [4.78, 5) is 13.5. The maximum atomic E-state index is 13.5. The maximum absolute atomic E-state index is 13.5. The van der Waals surface area contributed by atoms with Gasteiger partial charge in [-0.25, -0.2) is 0 Å². The molecule has 6 nitrogen and oxygen atoms in total. The molecular formula is C24H21ClN4O2S. The molecule has 1 N–H and O–H groups in total. The molecule has 0 saturated carbocycles. The number of amides is 1. The number of aromatic nitrogens is 3. The second-order valence-corrected chi connectivity index (χ2v) is 8.57. The third kappa shape index (κ3) is 4.95. The van der Waals surface area contributed by atoms with Crippen molar-refractivity contribution in [1.29, 1.82) is 0 Å². The topological polar surface area (TPSA) is 69.0 Å². The first kappa shape index (κ1) is 21.9. The summed E-state index contributed by atoms with van der Waals surface area (Å²) in [5, 5.41) is 11.9.